The van der Waals surface area contributed by atoms with E-state index in [1.54, 1.807) is 6.92 Å². The lowest BCUT2D eigenvalue weighted by Crippen LogP contribution is -2.39. The summed E-state index contributed by atoms with van der Waals surface area (Å²) in [4.78, 5) is 0. The van der Waals surface area contributed by atoms with Gasteiger partial charge in [-0.2, -0.15) is 13.2 Å². The first-order valence-corrected chi connectivity index (χ1v) is 4.66. The fourth-order valence-corrected chi connectivity index (χ4v) is 1.94. The van der Waals surface area contributed by atoms with Crippen molar-refractivity contribution in [3.05, 3.63) is 0 Å². The molecular formula is C9H15F3O. The number of alkyl halides is 3. The van der Waals surface area contributed by atoms with Gasteiger partial charge in [0.2, 0.25) is 0 Å². The minimum atomic E-state index is -4.14. The Kier molecular flexibility index (Phi) is 2.90. The summed E-state index contributed by atoms with van der Waals surface area (Å²) in [6.45, 7) is 1.73. The van der Waals surface area contributed by atoms with Crippen molar-refractivity contribution in [3.63, 3.8) is 0 Å². The Morgan fingerprint density at radius 1 is 1.46 bits per heavy atom. The molecule has 1 fully saturated rings. The van der Waals surface area contributed by atoms with Crippen LogP contribution in [0.25, 0.3) is 0 Å². The van der Waals surface area contributed by atoms with Crippen LogP contribution in [0.4, 0.5) is 13.2 Å². The van der Waals surface area contributed by atoms with Crippen LogP contribution in [-0.4, -0.2) is 16.9 Å². The Morgan fingerprint density at radius 3 is 2.54 bits per heavy atom. The highest BCUT2D eigenvalue weighted by Gasteiger charge is 2.46. The highest BCUT2D eigenvalue weighted by atomic mass is 19.4. The topological polar surface area (TPSA) is 20.2 Å². The van der Waals surface area contributed by atoms with Crippen molar-refractivity contribution < 1.29 is 18.3 Å². The fraction of sp³-hybridized carbons (Fsp3) is 1.00. The average Bonchev–Trinajstić information content (AvgIpc) is 2.03. The van der Waals surface area contributed by atoms with Gasteiger partial charge in [-0.3, -0.25) is 0 Å². The first-order chi connectivity index (χ1) is 5.87. The van der Waals surface area contributed by atoms with Crippen molar-refractivity contribution in [2.45, 2.75) is 50.8 Å². The molecule has 1 N–H and O–H groups in total. The van der Waals surface area contributed by atoms with Crippen molar-refractivity contribution in [2.75, 3.05) is 0 Å². The van der Waals surface area contributed by atoms with Gasteiger partial charge in [-0.15, -0.1) is 0 Å². The first kappa shape index (κ1) is 10.8. The molecule has 0 aliphatic heterocycles. The minimum Gasteiger partial charge on any atom is -0.390 e. The van der Waals surface area contributed by atoms with Gasteiger partial charge in [0.05, 0.1) is 11.5 Å². The Balaban J connectivity index is 2.62. The summed E-state index contributed by atoms with van der Waals surface area (Å²) in [5.41, 5.74) is -1.07. The summed E-state index contributed by atoms with van der Waals surface area (Å²) in [7, 11) is 0. The fourth-order valence-electron chi connectivity index (χ4n) is 1.94. The molecule has 78 valence electrons. The van der Waals surface area contributed by atoms with Gasteiger partial charge in [-0.1, -0.05) is 6.92 Å². The van der Waals surface area contributed by atoms with E-state index in [1.807, 2.05) is 0 Å². The molecule has 13 heavy (non-hydrogen) atoms. The van der Waals surface area contributed by atoms with Crippen LogP contribution in [0.1, 0.15) is 39.0 Å². The van der Waals surface area contributed by atoms with Gasteiger partial charge in [0.1, 0.15) is 0 Å². The molecule has 0 saturated heterocycles. The summed E-state index contributed by atoms with van der Waals surface area (Å²) in [5, 5.41) is 9.71. The van der Waals surface area contributed by atoms with Gasteiger partial charge in [0, 0.05) is 0 Å². The zero-order valence-corrected chi connectivity index (χ0v) is 7.69. The molecule has 4 heteroatoms. The second-order valence-corrected chi connectivity index (χ2v) is 3.91. The van der Waals surface area contributed by atoms with Crippen molar-refractivity contribution in [1.29, 1.82) is 0 Å². The van der Waals surface area contributed by atoms with E-state index < -0.39 is 17.7 Å². The smallest absolute Gasteiger partial charge is 0.390 e. The predicted octanol–water partition coefficient (Wildman–Crippen LogP) is 2.88. The van der Waals surface area contributed by atoms with E-state index in [0.29, 0.717) is 19.3 Å². The van der Waals surface area contributed by atoms with Crippen LogP contribution in [-0.2, 0) is 0 Å². The van der Waals surface area contributed by atoms with E-state index in [9.17, 15) is 18.3 Å². The van der Waals surface area contributed by atoms with E-state index in [1.165, 1.54) is 0 Å². The molecule has 1 nitrogen and oxygen atoms in total. The largest absolute Gasteiger partial charge is 0.391 e. The number of hydrogen-bond donors (Lipinski definition) is 1. The molecule has 0 amide bonds. The Bertz CT molecular complexity index is 178. The Hall–Kier alpha value is -0.250. The molecule has 0 bridgehead atoms. The van der Waals surface area contributed by atoms with Gasteiger partial charge < -0.3 is 5.11 Å². The van der Waals surface area contributed by atoms with E-state index >= 15 is 0 Å². The highest BCUT2D eigenvalue weighted by Crippen LogP contribution is 2.42. The number of aliphatic hydroxyl groups is 1. The van der Waals surface area contributed by atoms with Crippen LogP contribution in [0.15, 0.2) is 0 Å². The molecule has 0 aromatic rings. The lowest BCUT2D eigenvalue weighted by atomic mass is 9.76. The SMILES string of the molecule is CC[C@@]1(O)CCC[C@@H](C(F)(F)F)C1. The maximum Gasteiger partial charge on any atom is 0.391 e. The maximum absolute atomic E-state index is 12.3. The first-order valence-electron chi connectivity index (χ1n) is 4.66. The van der Waals surface area contributed by atoms with Gasteiger partial charge in [0.15, 0.2) is 0 Å². The highest BCUT2D eigenvalue weighted by molar-refractivity contribution is 4.87. The van der Waals surface area contributed by atoms with Crippen LogP contribution in [0, 0.1) is 5.92 Å². The third-order valence-corrected chi connectivity index (χ3v) is 2.94. The average molecular weight is 196 g/mol. The van der Waals surface area contributed by atoms with Gasteiger partial charge in [-0.25, -0.2) is 0 Å². The van der Waals surface area contributed by atoms with Crippen molar-refractivity contribution >= 4 is 0 Å². The molecule has 1 rings (SSSR count). The third-order valence-electron chi connectivity index (χ3n) is 2.94. The zero-order valence-electron chi connectivity index (χ0n) is 7.69. The molecule has 2 atom stereocenters. The monoisotopic (exact) mass is 196 g/mol. The van der Waals surface area contributed by atoms with E-state index in [-0.39, 0.29) is 12.8 Å². The summed E-state index contributed by atoms with van der Waals surface area (Å²) < 4.78 is 36.9. The van der Waals surface area contributed by atoms with Crippen LogP contribution in [0.2, 0.25) is 0 Å². The molecule has 0 radical (unpaired) electrons. The van der Waals surface area contributed by atoms with Crippen LogP contribution in [0.3, 0.4) is 0 Å². The van der Waals surface area contributed by atoms with E-state index in [4.69, 9.17) is 0 Å². The molecule has 0 spiro atoms. The summed E-state index contributed by atoms with van der Waals surface area (Å²) in [6.07, 6.45) is -2.67. The lowest BCUT2D eigenvalue weighted by molar-refractivity contribution is -0.200. The number of halogens is 3. The van der Waals surface area contributed by atoms with Crippen molar-refractivity contribution in [1.82, 2.24) is 0 Å². The van der Waals surface area contributed by atoms with Crippen LogP contribution >= 0.6 is 0 Å². The van der Waals surface area contributed by atoms with Crippen LogP contribution in [0.5, 0.6) is 0 Å². The van der Waals surface area contributed by atoms with Gasteiger partial charge >= 0.3 is 6.18 Å². The van der Waals surface area contributed by atoms with Crippen molar-refractivity contribution in [3.8, 4) is 0 Å². The molecular weight excluding hydrogens is 181 g/mol. The van der Waals surface area contributed by atoms with E-state index in [0.717, 1.165) is 0 Å². The number of hydrogen-bond acceptors (Lipinski definition) is 1. The number of rotatable bonds is 1. The summed E-state index contributed by atoms with van der Waals surface area (Å²) in [5.74, 6) is -1.30. The summed E-state index contributed by atoms with van der Waals surface area (Å²) >= 11 is 0. The second-order valence-electron chi connectivity index (χ2n) is 3.91. The normalized spacial score (nSPS) is 36.2. The minimum absolute atomic E-state index is 0.118. The van der Waals surface area contributed by atoms with Gasteiger partial charge in [-0.05, 0) is 32.1 Å². The predicted molar refractivity (Wildman–Crippen MR) is 43.3 cm³/mol. The molecule has 1 aliphatic carbocycles. The molecule has 1 saturated carbocycles. The quantitative estimate of drug-likeness (QED) is 0.683. The molecule has 1 aliphatic rings. The Morgan fingerprint density at radius 2 is 2.08 bits per heavy atom. The third kappa shape index (κ3) is 2.59. The lowest BCUT2D eigenvalue weighted by Gasteiger charge is -2.36. The summed E-state index contributed by atoms with van der Waals surface area (Å²) in [6, 6.07) is 0. The molecule has 0 heterocycles. The zero-order chi connectivity index (χ0) is 10.1. The van der Waals surface area contributed by atoms with Gasteiger partial charge in [0.25, 0.3) is 0 Å². The molecule has 0 aromatic heterocycles. The van der Waals surface area contributed by atoms with Crippen LogP contribution < -0.4 is 0 Å². The maximum atomic E-state index is 12.3. The standard InChI is InChI=1S/C9H15F3O/c1-2-8(13)5-3-4-7(6-8)9(10,11)12/h7,13H,2-6H2,1H3/t7-,8-/m1/s1. The second kappa shape index (κ2) is 3.48. The van der Waals surface area contributed by atoms with Crippen molar-refractivity contribution in [2.24, 2.45) is 5.92 Å². The Labute approximate surface area is 75.9 Å². The molecule has 0 aromatic carbocycles. The van der Waals surface area contributed by atoms with E-state index in [2.05, 4.69) is 0 Å². The molecule has 0 unspecified atom stereocenters.